The van der Waals surface area contributed by atoms with E-state index >= 15 is 0 Å². The normalized spacial score (nSPS) is 11.6. The second kappa shape index (κ2) is 10.6. The molecule has 1 heterocycles. The van der Waals surface area contributed by atoms with Crippen molar-refractivity contribution in [1.82, 2.24) is 0 Å². The highest BCUT2D eigenvalue weighted by Crippen LogP contribution is 2.55. The van der Waals surface area contributed by atoms with Gasteiger partial charge in [-0.15, -0.1) is 11.3 Å². The molecule has 9 rings (SSSR count). The summed E-state index contributed by atoms with van der Waals surface area (Å²) in [5.74, 6) is 0. The van der Waals surface area contributed by atoms with Crippen molar-refractivity contribution in [1.29, 1.82) is 0 Å². The highest BCUT2D eigenvalue weighted by atomic mass is 32.1. The predicted molar refractivity (Wildman–Crippen MR) is 196 cm³/mol. The standard InChI is InChI=1S/C44H28S/c1-5-21-33-29(13-1)17-9-25-37(33)41-42(38-26-10-18-30-14-2-6-22-34(30)38)44(40-28-12-20-32-16-4-8-24-36(32)40)45-43(41)39-27-11-19-31-15-3-7-23-35(31)39/h1-28H. The summed E-state index contributed by atoms with van der Waals surface area (Å²) in [6, 6.07) is 62.2. The van der Waals surface area contributed by atoms with Crippen molar-refractivity contribution < 1.29 is 0 Å². The smallest absolute Gasteiger partial charge is 0.0440 e. The van der Waals surface area contributed by atoms with Gasteiger partial charge in [-0.05, 0) is 54.2 Å². The number of thiophene rings is 1. The van der Waals surface area contributed by atoms with E-state index in [0.717, 1.165) is 0 Å². The fraction of sp³-hybridized carbons (Fsp3) is 0. The molecule has 0 aliphatic rings. The molecule has 0 amide bonds. The lowest BCUT2D eigenvalue weighted by atomic mass is 9.86. The summed E-state index contributed by atoms with van der Waals surface area (Å²) in [5.41, 5.74) is 7.67. The number of fused-ring (bicyclic) bond motifs is 4. The van der Waals surface area contributed by atoms with Crippen LogP contribution in [0.15, 0.2) is 170 Å². The number of rotatable bonds is 4. The minimum Gasteiger partial charge on any atom is -0.134 e. The van der Waals surface area contributed by atoms with E-state index in [-0.39, 0.29) is 0 Å². The third-order valence-electron chi connectivity index (χ3n) is 9.09. The molecule has 0 fully saturated rings. The van der Waals surface area contributed by atoms with Crippen LogP contribution < -0.4 is 0 Å². The highest BCUT2D eigenvalue weighted by Gasteiger charge is 2.26. The maximum absolute atomic E-state index is 2.32. The second-order valence-electron chi connectivity index (χ2n) is 11.6. The third kappa shape index (κ3) is 4.20. The molecular weight excluding hydrogens is 561 g/mol. The molecular formula is C44H28S. The zero-order valence-corrected chi connectivity index (χ0v) is 25.4. The SMILES string of the molecule is c1ccc2c(-c3sc(-c4cccc5ccccc45)c(-c4cccc5ccccc45)c3-c3cccc4ccccc34)cccc2c1. The van der Waals surface area contributed by atoms with E-state index in [4.69, 9.17) is 0 Å². The minimum atomic E-state index is 1.25. The molecule has 210 valence electrons. The van der Waals surface area contributed by atoms with E-state index in [1.54, 1.807) is 0 Å². The van der Waals surface area contributed by atoms with Crippen molar-refractivity contribution in [2.75, 3.05) is 0 Å². The van der Waals surface area contributed by atoms with E-state index in [0.29, 0.717) is 0 Å². The summed E-state index contributed by atoms with van der Waals surface area (Å²) in [6.45, 7) is 0. The van der Waals surface area contributed by atoms with E-state index in [1.807, 2.05) is 11.3 Å². The van der Waals surface area contributed by atoms with Gasteiger partial charge in [0.05, 0.1) is 0 Å². The topological polar surface area (TPSA) is 0 Å². The summed E-state index contributed by atoms with van der Waals surface area (Å²) < 4.78 is 0. The Hall–Kier alpha value is -5.50. The molecule has 0 unspecified atom stereocenters. The Morgan fingerprint density at radius 3 is 0.867 bits per heavy atom. The number of hydrogen-bond acceptors (Lipinski definition) is 1. The largest absolute Gasteiger partial charge is 0.134 e. The van der Waals surface area contributed by atoms with Crippen molar-refractivity contribution in [3.05, 3.63) is 170 Å². The fourth-order valence-electron chi connectivity index (χ4n) is 7.06. The Balaban J connectivity index is 1.52. The van der Waals surface area contributed by atoms with Gasteiger partial charge in [0.15, 0.2) is 0 Å². The van der Waals surface area contributed by atoms with Crippen molar-refractivity contribution in [2.45, 2.75) is 0 Å². The molecule has 9 aromatic rings. The molecule has 0 aliphatic heterocycles. The van der Waals surface area contributed by atoms with E-state index < -0.39 is 0 Å². The first-order valence-electron chi connectivity index (χ1n) is 15.4. The van der Waals surface area contributed by atoms with Crippen molar-refractivity contribution in [3.63, 3.8) is 0 Å². The van der Waals surface area contributed by atoms with Gasteiger partial charge in [0.1, 0.15) is 0 Å². The van der Waals surface area contributed by atoms with Crippen molar-refractivity contribution in [3.8, 4) is 43.1 Å². The van der Waals surface area contributed by atoms with Gasteiger partial charge < -0.3 is 0 Å². The zero-order chi connectivity index (χ0) is 29.7. The van der Waals surface area contributed by atoms with Gasteiger partial charge in [-0.1, -0.05) is 170 Å². The predicted octanol–water partition coefficient (Wildman–Crippen LogP) is 13.0. The fourth-order valence-corrected chi connectivity index (χ4v) is 8.47. The van der Waals surface area contributed by atoms with Gasteiger partial charge in [0.2, 0.25) is 0 Å². The lowest BCUT2D eigenvalue weighted by Crippen LogP contribution is -1.90. The Labute approximate surface area is 266 Å². The maximum atomic E-state index is 2.32. The van der Waals surface area contributed by atoms with Crippen LogP contribution in [0.25, 0.3) is 86.2 Å². The zero-order valence-electron chi connectivity index (χ0n) is 24.6. The molecule has 0 nitrogen and oxygen atoms in total. The summed E-state index contributed by atoms with van der Waals surface area (Å²) in [4.78, 5) is 2.60. The Morgan fingerprint density at radius 1 is 0.244 bits per heavy atom. The molecule has 0 N–H and O–H groups in total. The average Bonchev–Trinajstić information content (AvgIpc) is 3.50. The Kier molecular flexibility index (Phi) is 6.11. The van der Waals surface area contributed by atoms with Crippen molar-refractivity contribution in [2.24, 2.45) is 0 Å². The van der Waals surface area contributed by atoms with E-state index in [2.05, 4.69) is 170 Å². The lowest BCUT2D eigenvalue weighted by Gasteiger charge is -2.16. The first-order chi connectivity index (χ1) is 22.3. The van der Waals surface area contributed by atoms with Crippen LogP contribution in [-0.4, -0.2) is 0 Å². The van der Waals surface area contributed by atoms with Crippen molar-refractivity contribution >= 4 is 54.4 Å². The van der Waals surface area contributed by atoms with Gasteiger partial charge in [0, 0.05) is 32.0 Å². The molecule has 8 aromatic carbocycles. The summed E-state index contributed by atoms with van der Waals surface area (Å²) in [5, 5.41) is 10.1. The summed E-state index contributed by atoms with van der Waals surface area (Å²) in [6.07, 6.45) is 0. The van der Waals surface area contributed by atoms with Crippen LogP contribution in [0.1, 0.15) is 0 Å². The van der Waals surface area contributed by atoms with Crippen LogP contribution in [0.5, 0.6) is 0 Å². The number of hydrogen-bond donors (Lipinski definition) is 0. The molecule has 0 saturated carbocycles. The van der Waals surface area contributed by atoms with Gasteiger partial charge >= 0.3 is 0 Å². The molecule has 0 spiro atoms. The highest BCUT2D eigenvalue weighted by molar-refractivity contribution is 7.20. The van der Waals surface area contributed by atoms with Gasteiger partial charge in [0.25, 0.3) is 0 Å². The molecule has 0 atom stereocenters. The van der Waals surface area contributed by atoms with Crippen LogP contribution in [0.3, 0.4) is 0 Å². The van der Waals surface area contributed by atoms with Crippen LogP contribution >= 0.6 is 11.3 Å². The van der Waals surface area contributed by atoms with E-state index in [9.17, 15) is 0 Å². The first-order valence-corrected chi connectivity index (χ1v) is 16.3. The van der Waals surface area contributed by atoms with Crippen LogP contribution in [-0.2, 0) is 0 Å². The van der Waals surface area contributed by atoms with E-state index in [1.165, 1.54) is 86.2 Å². The van der Waals surface area contributed by atoms with Crippen LogP contribution in [0.4, 0.5) is 0 Å². The van der Waals surface area contributed by atoms with Gasteiger partial charge in [-0.2, -0.15) is 0 Å². The minimum absolute atomic E-state index is 1.25. The molecule has 1 aromatic heterocycles. The second-order valence-corrected chi connectivity index (χ2v) is 12.6. The molecule has 0 aliphatic carbocycles. The van der Waals surface area contributed by atoms with Crippen LogP contribution in [0, 0.1) is 0 Å². The Morgan fingerprint density at radius 2 is 0.511 bits per heavy atom. The quantitative estimate of drug-likeness (QED) is 0.192. The van der Waals surface area contributed by atoms with Gasteiger partial charge in [-0.25, -0.2) is 0 Å². The number of benzene rings is 8. The molecule has 0 radical (unpaired) electrons. The molecule has 0 bridgehead atoms. The molecule has 45 heavy (non-hydrogen) atoms. The van der Waals surface area contributed by atoms with Crippen LogP contribution in [0.2, 0.25) is 0 Å². The molecule has 1 heteroatoms. The van der Waals surface area contributed by atoms with Gasteiger partial charge in [-0.3, -0.25) is 0 Å². The lowest BCUT2D eigenvalue weighted by molar-refractivity contribution is 1.66. The molecule has 0 saturated heterocycles. The monoisotopic (exact) mass is 588 g/mol. The Bertz CT molecular complexity index is 2350. The third-order valence-corrected chi connectivity index (χ3v) is 10.4. The maximum Gasteiger partial charge on any atom is 0.0440 e. The average molecular weight is 589 g/mol. The first kappa shape index (κ1) is 25.9. The summed E-state index contributed by atoms with van der Waals surface area (Å²) in [7, 11) is 0. The summed E-state index contributed by atoms with van der Waals surface area (Å²) >= 11 is 1.93.